The molecular formula is C87H125FN8O22. The molecule has 118 heavy (non-hydrogen) atoms. The minimum absolute atomic E-state index is 0.0363. The van der Waals surface area contributed by atoms with E-state index in [1.54, 1.807) is 52.2 Å². The molecule has 0 spiro atoms. The minimum atomic E-state index is -2.51. The molecule has 30 nitrogen and oxygen atoms in total. The van der Waals surface area contributed by atoms with E-state index >= 15 is 4.39 Å². The van der Waals surface area contributed by atoms with Crippen LogP contribution in [0.25, 0.3) is 0 Å². The van der Waals surface area contributed by atoms with Crippen LogP contribution in [0.1, 0.15) is 153 Å². The molecule has 2 unspecified atom stereocenters. The summed E-state index contributed by atoms with van der Waals surface area (Å²) in [6.07, 6.45) is 17.0. The topological polar surface area (TPSA) is 454 Å². The van der Waals surface area contributed by atoms with Crippen molar-refractivity contribution in [1.82, 2.24) is 21.6 Å². The standard InChI is InChI=1S/C87H125FN8O22/c1-50-30-61-59-16-14-53-33-56(19-22-75(53,4)74(59)63(100)36-78(61,7)84(50,110)67(103)39-97)91-94-71(107)43-116-47-82(46-115-42-70(106)90-26-29-114-28-13-27-113-12,48-117-44-72(108)95-92-57-20-23-76(5)54(34-57)15-17-60-62-31-51(2)85(111,68(104)40-98)79(62,8)37-65(101)81(60,76)10)49-118-45-73(109)96-93-58-21-24-77(6)55(35-58)18-25-83(89-11)64-32-52(3)86(112,69(105)41-99)80(64,9)38-66(102)87(77,83)88/h19-24,33-35,50-52,59-66,74,97-102,110-112H,11,13-18,25-32,36-49H2,1-10,12H3,(H,90,106)(H,94,107)(H,95,108)(H,96,109)/b91-56+,92-57+,93-58+/t50-,51-,52-,59+,60+,61+,62+,63+,64-,65+,66+,74?,75+,76+,77+,78+,79+,80+,81-,82?,83-,84+,85+,86+,87+/m1/s1. The summed E-state index contributed by atoms with van der Waals surface area (Å²) in [7, 11) is 1.58. The van der Waals surface area contributed by atoms with Crippen LogP contribution in [-0.4, -0.2) is 263 Å². The number of nitrogens with zero attached hydrogens (tertiary/aromatic N) is 4. The maximum atomic E-state index is 18.8. The van der Waals surface area contributed by atoms with Gasteiger partial charge in [0.25, 0.3) is 17.7 Å². The van der Waals surface area contributed by atoms with Crippen LogP contribution >= 0.6 is 0 Å². The van der Waals surface area contributed by atoms with Gasteiger partial charge in [-0.25, -0.2) is 20.7 Å². The molecule has 9 saturated carbocycles. The van der Waals surface area contributed by atoms with Gasteiger partial charge in [-0.3, -0.25) is 38.6 Å². The first kappa shape index (κ1) is 90.6. The van der Waals surface area contributed by atoms with Crippen LogP contribution in [0, 0.1) is 96.6 Å². The van der Waals surface area contributed by atoms with Gasteiger partial charge in [-0.15, -0.1) is 0 Å². The van der Waals surface area contributed by atoms with Crippen molar-refractivity contribution < 1.29 is 112 Å². The van der Waals surface area contributed by atoms with Crippen molar-refractivity contribution in [3.63, 3.8) is 0 Å². The number of rotatable bonds is 33. The number of allylic oxidation sites excluding steroid dienone is 12. The second-order valence-electron chi connectivity index (χ2n) is 37.8. The van der Waals surface area contributed by atoms with Crippen molar-refractivity contribution >= 4 is 64.8 Å². The number of aliphatic imine (C=N–C) groups is 1. The number of hydrogen-bond donors (Lipinski definition) is 13. The van der Waals surface area contributed by atoms with Gasteiger partial charge in [0.1, 0.15) is 68.6 Å². The number of aliphatic hydroxyl groups excluding tert-OH is 6. The zero-order valence-corrected chi connectivity index (χ0v) is 70.1. The van der Waals surface area contributed by atoms with Gasteiger partial charge in [-0.05, 0) is 181 Å². The molecule has 12 aliphatic rings. The van der Waals surface area contributed by atoms with Gasteiger partial charge in [0.2, 0.25) is 5.91 Å². The zero-order valence-electron chi connectivity index (χ0n) is 70.1. The fraction of sp³-hybridized carbons (Fsp3) is 0.736. The summed E-state index contributed by atoms with van der Waals surface area (Å²) in [5.74, 6) is -7.78. The van der Waals surface area contributed by atoms with Gasteiger partial charge >= 0.3 is 0 Å². The third-order valence-corrected chi connectivity index (χ3v) is 32.1. The molecule has 0 aromatic heterocycles. The number of alkyl halides is 1. The van der Waals surface area contributed by atoms with E-state index in [2.05, 4.69) is 69.4 Å². The first-order valence-electron chi connectivity index (χ1n) is 41.9. The highest BCUT2D eigenvalue weighted by Crippen LogP contribution is 2.76. The average molecular weight is 1650 g/mol. The van der Waals surface area contributed by atoms with Crippen LogP contribution in [-0.2, 0) is 62.0 Å². The lowest BCUT2D eigenvalue weighted by molar-refractivity contribution is -0.226. The number of nitrogens with one attached hydrogen (secondary N) is 4. The Morgan fingerprint density at radius 3 is 1.53 bits per heavy atom. The highest BCUT2D eigenvalue weighted by molar-refractivity contribution is 6.08. The Morgan fingerprint density at radius 1 is 0.542 bits per heavy atom. The Kier molecular flexibility index (Phi) is 26.0. The molecule has 4 amide bonds. The second-order valence-corrected chi connectivity index (χ2v) is 37.8. The molecule has 13 N–H and O–H groups in total. The van der Waals surface area contributed by atoms with Gasteiger partial charge in [0.15, 0.2) is 23.0 Å². The normalized spacial score (nSPS) is 42.4. The quantitative estimate of drug-likeness (QED) is 0.0253. The SMILES string of the molecule is C=N[C@@]12CCC3=C/C(=N/NC(=O)COCC(COCC(=O)NCCOCCCOC)(COCC(=O)N/N=C4\C=C[C@@]5(C)C(=C4)CC[C@@H]4C5[C@@H](O)C[C@@]5(C)[C@H]4C[C@@H](C)[C@]5(O)C(=O)CO)COCC(=O)N/N=C4\C=C[C@@]5(C)C(=C4)CC[C@H]4[C@@H]6C[C@@H](C)[C@](O)(C(=O)CO)[C@@]6(C)C[C@H](O)[C@@]45C)C=C[C@]3(C)[C@@]1(F)[C@@H](O)C[C@@]1(C)[C@H]2C[C@@H](C)[C@]1(O)C(=O)CO. The average Bonchev–Trinajstić information content (AvgIpc) is 1.34. The lowest BCUT2D eigenvalue weighted by Crippen LogP contribution is -2.77. The molecule has 31 heteroatoms. The van der Waals surface area contributed by atoms with Crippen LogP contribution < -0.4 is 21.6 Å². The second kappa shape index (κ2) is 33.9. The number of amides is 4. The van der Waals surface area contributed by atoms with Crippen molar-refractivity contribution in [2.45, 2.75) is 199 Å². The van der Waals surface area contributed by atoms with E-state index < -0.39 is 227 Å². The van der Waals surface area contributed by atoms with E-state index in [9.17, 15) is 79.5 Å². The van der Waals surface area contributed by atoms with E-state index in [1.165, 1.54) is 6.08 Å². The smallest absolute Gasteiger partial charge is 0.266 e. The summed E-state index contributed by atoms with van der Waals surface area (Å²) in [5.41, 5.74) is -7.15. The Labute approximate surface area is 689 Å². The molecule has 0 saturated heterocycles. The summed E-state index contributed by atoms with van der Waals surface area (Å²) in [4.78, 5) is 99.5. The summed E-state index contributed by atoms with van der Waals surface area (Å²) >= 11 is 0. The molecule has 12 aliphatic carbocycles. The van der Waals surface area contributed by atoms with E-state index in [0.717, 1.165) is 11.1 Å². The lowest BCUT2D eigenvalue weighted by Gasteiger charge is -2.66. The Hall–Kier alpha value is -6.66. The fourth-order valence-electron chi connectivity index (χ4n) is 25.8. The lowest BCUT2D eigenvalue weighted by atomic mass is 9.39. The molecule has 0 aliphatic heterocycles. The number of methoxy groups -OCH3 is 1. The van der Waals surface area contributed by atoms with E-state index in [0.29, 0.717) is 75.2 Å². The number of carbonyl (C=O) groups is 7. The maximum Gasteiger partial charge on any atom is 0.266 e. The van der Waals surface area contributed by atoms with Crippen LogP contribution in [0.5, 0.6) is 0 Å². The van der Waals surface area contributed by atoms with E-state index in [4.69, 9.17) is 28.4 Å². The Morgan fingerprint density at radius 2 is 1.00 bits per heavy atom. The number of ether oxygens (including phenoxy) is 6. The predicted molar refractivity (Wildman–Crippen MR) is 430 cm³/mol. The summed E-state index contributed by atoms with van der Waals surface area (Å²) < 4.78 is 54.0. The van der Waals surface area contributed by atoms with Crippen LogP contribution in [0.15, 0.2) is 91.7 Å². The monoisotopic (exact) mass is 1650 g/mol. The number of Topliss-reactive ketones (excluding diaryl/α,β-unsaturated/α-hetero) is 3. The van der Waals surface area contributed by atoms with Crippen molar-refractivity contribution in [2.75, 3.05) is 106 Å². The fourth-order valence-corrected chi connectivity index (χ4v) is 25.8. The molecule has 0 bridgehead atoms. The molecule has 9 fully saturated rings. The van der Waals surface area contributed by atoms with E-state index in [1.807, 2.05) is 52.0 Å². The number of aliphatic hydroxyl groups is 9. The Balaban J connectivity index is 0.747. The van der Waals surface area contributed by atoms with Crippen LogP contribution in [0.2, 0.25) is 0 Å². The van der Waals surface area contributed by atoms with Gasteiger partial charge in [-0.2, -0.15) is 15.3 Å². The third kappa shape index (κ3) is 14.3. The third-order valence-electron chi connectivity index (χ3n) is 32.1. The van der Waals surface area contributed by atoms with Crippen molar-refractivity contribution in [3.8, 4) is 0 Å². The number of hydrogen-bond acceptors (Lipinski definition) is 26. The van der Waals surface area contributed by atoms with Gasteiger partial charge in [0, 0.05) is 70.7 Å². The van der Waals surface area contributed by atoms with Crippen molar-refractivity contribution in [1.29, 1.82) is 0 Å². The minimum Gasteiger partial charge on any atom is -0.393 e. The number of hydrazone groups is 3. The van der Waals surface area contributed by atoms with E-state index in [-0.39, 0.29) is 87.0 Å². The number of fused-ring (bicyclic) bond motifs is 15. The van der Waals surface area contributed by atoms with Gasteiger partial charge in [-0.1, -0.05) is 97.3 Å². The van der Waals surface area contributed by atoms with Crippen LogP contribution in [0.3, 0.4) is 0 Å². The van der Waals surface area contributed by atoms with Crippen molar-refractivity contribution in [2.24, 2.45) is 117 Å². The largest absolute Gasteiger partial charge is 0.393 e. The molecule has 25 atom stereocenters. The zero-order chi connectivity index (χ0) is 86.0. The maximum absolute atomic E-state index is 18.8. The Bertz CT molecular complexity index is 4220. The highest BCUT2D eigenvalue weighted by atomic mass is 19.1. The summed E-state index contributed by atoms with van der Waals surface area (Å²) in [5, 5.41) is 119. The number of carbonyl (C=O) groups excluding carboxylic acids is 7. The molecule has 0 aromatic rings. The first-order chi connectivity index (χ1) is 55.6. The molecule has 0 radical (unpaired) electrons. The molecule has 652 valence electrons. The first-order valence-corrected chi connectivity index (χ1v) is 41.9. The molecule has 0 heterocycles. The summed E-state index contributed by atoms with van der Waals surface area (Å²) in [6.45, 7) is 17.0. The predicted octanol–water partition coefficient (Wildman–Crippen LogP) is 3.67. The highest BCUT2D eigenvalue weighted by Gasteiger charge is 2.82. The molecule has 0 aromatic carbocycles. The molecular weight excluding hydrogens is 1530 g/mol. The van der Waals surface area contributed by atoms with Crippen molar-refractivity contribution in [3.05, 3.63) is 71.4 Å². The van der Waals surface area contributed by atoms with Gasteiger partial charge in [0.05, 0.1) is 73.9 Å². The number of ketones is 3. The summed E-state index contributed by atoms with van der Waals surface area (Å²) in [6, 6.07) is 0. The van der Waals surface area contributed by atoms with Gasteiger partial charge < -0.3 is 79.7 Å². The number of halogens is 1. The van der Waals surface area contributed by atoms with Crippen LogP contribution in [0.4, 0.5) is 4.39 Å². The molecule has 12 rings (SSSR count).